The van der Waals surface area contributed by atoms with Crippen molar-refractivity contribution >= 4 is 21.7 Å². The van der Waals surface area contributed by atoms with Crippen LogP contribution >= 0.6 is 15.9 Å². The molecule has 1 N–H and O–H groups in total. The van der Waals surface area contributed by atoms with Gasteiger partial charge in [0, 0.05) is 29.5 Å². The van der Waals surface area contributed by atoms with Gasteiger partial charge in [-0.1, -0.05) is 15.9 Å². The molecule has 1 aromatic carbocycles. The van der Waals surface area contributed by atoms with Crippen molar-refractivity contribution in [2.45, 2.75) is 0 Å². The number of ketones is 1. The lowest BCUT2D eigenvalue weighted by Crippen LogP contribution is -2.00. The molecule has 0 bridgehead atoms. The zero-order valence-corrected chi connectivity index (χ0v) is 10.2. The Hall–Kier alpha value is -1.55. The molecular formula is C12H10BrNO2. The first-order valence-electron chi connectivity index (χ1n) is 4.73. The van der Waals surface area contributed by atoms with Crippen LogP contribution in [0.1, 0.15) is 15.9 Å². The van der Waals surface area contributed by atoms with Gasteiger partial charge in [-0.25, -0.2) is 0 Å². The lowest BCUT2D eigenvalue weighted by molar-refractivity contribution is 0.103. The van der Waals surface area contributed by atoms with E-state index in [-0.39, 0.29) is 11.5 Å². The third kappa shape index (κ3) is 2.02. The van der Waals surface area contributed by atoms with Gasteiger partial charge in [0.15, 0.2) is 5.78 Å². The Morgan fingerprint density at radius 2 is 2.12 bits per heavy atom. The minimum absolute atomic E-state index is 0.00273. The number of hydrogen-bond donors (Lipinski definition) is 1. The summed E-state index contributed by atoms with van der Waals surface area (Å²) in [6.07, 6.45) is 3.52. The van der Waals surface area contributed by atoms with Gasteiger partial charge in [-0.05, 0) is 24.3 Å². The van der Waals surface area contributed by atoms with Gasteiger partial charge in [0.2, 0.25) is 0 Å². The quantitative estimate of drug-likeness (QED) is 0.859. The van der Waals surface area contributed by atoms with Gasteiger partial charge < -0.3 is 9.67 Å². The van der Waals surface area contributed by atoms with E-state index < -0.39 is 0 Å². The van der Waals surface area contributed by atoms with Crippen molar-refractivity contribution in [3.8, 4) is 5.75 Å². The molecule has 1 aromatic heterocycles. The molecule has 0 atom stereocenters. The monoisotopic (exact) mass is 279 g/mol. The molecule has 16 heavy (non-hydrogen) atoms. The van der Waals surface area contributed by atoms with Crippen LogP contribution in [0.5, 0.6) is 5.75 Å². The lowest BCUT2D eigenvalue weighted by atomic mass is 10.1. The van der Waals surface area contributed by atoms with Gasteiger partial charge in [0.05, 0.1) is 5.56 Å². The molecule has 0 fully saturated rings. The number of nitrogens with zero attached hydrogens (tertiary/aromatic N) is 1. The van der Waals surface area contributed by atoms with Gasteiger partial charge in [0.1, 0.15) is 5.75 Å². The Balaban J connectivity index is 2.45. The number of phenols is 1. The van der Waals surface area contributed by atoms with Gasteiger partial charge in [0.25, 0.3) is 0 Å². The van der Waals surface area contributed by atoms with Crippen LogP contribution in [0.25, 0.3) is 0 Å². The zero-order valence-electron chi connectivity index (χ0n) is 8.64. The Kier molecular flexibility index (Phi) is 2.83. The molecule has 0 saturated heterocycles. The van der Waals surface area contributed by atoms with Gasteiger partial charge in [-0.3, -0.25) is 4.79 Å². The van der Waals surface area contributed by atoms with Crippen molar-refractivity contribution in [2.24, 2.45) is 7.05 Å². The molecule has 0 spiro atoms. The molecule has 2 aromatic rings. The van der Waals surface area contributed by atoms with Crippen LogP contribution in [-0.4, -0.2) is 15.5 Å². The normalized spacial score (nSPS) is 10.4. The van der Waals surface area contributed by atoms with E-state index in [2.05, 4.69) is 15.9 Å². The number of aromatic hydroxyl groups is 1. The highest BCUT2D eigenvalue weighted by Crippen LogP contribution is 2.24. The number of carbonyl (C=O) groups excluding carboxylic acids is 1. The number of hydrogen-bond acceptors (Lipinski definition) is 2. The van der Waals surface area contributed by atoms with Crippen LogP contribution in [0.2, 0.25) is 0 Å². The average molecular weight is 280 g/mol. The molecule has 82 valence electrons. The van der Waals surface area contributed by atoms with Crippen molar-refractivity contribution in [2.75, 3.05) is 0 Å². The van der Waals surface area contributed by atoms with E-state index in [0.29, 0.717) is 11.1 Å². The Labute approximate surface area is 101 Å². The summed E-state index contributed by atoms with van der Waals surface area (Å²) >= 11 is 3.27. The molecule has 3 nitrogen and oxygen atoms in total. The summed E-state index contributed by atoms with van der Waals surface area (Å²) in [5.41, 5.74) is 0.872. The highest BCUT2D eigenvalue weighted by Gasteiger charge is 2.14. The molecule has 0 saturated carbocycles. The van der Waals surface area contributed by atoms with Crippen LogP contribution < -0.4 is 0 Å². The average Bonchev–Trinajstić information content (AvgIpc) is 2.67. The summed E-state index contributed by atoms with van der Waals surface area (Å²) in [6, 6.07) is 6.53. The van der Waals surface area contributed by atoms with E-state index in [1.54, 1.807) is 35.2 Å². The van der Waals surface area contributed by atoms with E-state index in [9.17, 15) is 9.90 Å². The van der Waals surface area contributed by atoms with Gasteiger partial charge in [-0.15, -0.1) is 0 Å². The van der Waals surface area contributed by atoms with Crippen molar-refractivity contribution in [3.05, 3.63) is 52.3 Å². The Morgan fingerprint density at radius 3 is 2.75 bits per heavy atom. The fourth-order valence-corrected chi connectivity index (χ4v) is 1.84. The van der Waals surface area contributed by atoms with Crippen molar-refractivity contribution < 1.29 is 9.90 Å². The second kappa shape index (κ2) is 4.14. The maximum atomic E-state index is 12.0. The molecule has 4 heteroatoms. The minimum atomic E-state index is -0.181. The second-order valence-corrected chi connectivity index (χ2v) is 4.47. The predicted molar refractivity (Wildman–Crippen MR) is 64.7 cm³/mol. The van der Waals surface area contributed by atoms with Crippen molar-refractivity contribution in [3.63, 3.8) is 0 Å². The summed E-state index contributed by atoms with van der Waals surface area (Å²) in [5.74, 6) is -0.184. The first-order chi connectivity index (χ1) is 7.58. The van der Waals surface area contributed by atoms with Gasteiger partial charge >= 0.3 is 0 Å². The first-order valence-corrected chi connectivity index (χ1v) is 5.52. The second-order valence-electron chi connectivity index (χ2n) is 3.56. The van der Waals surface area contributed by atoms with E-state index in [0.717, 1.165) is 4.47 Å². The summed E-state index contributed by atoms with van der Waals surface area (Å²) < 4.78 is 2.56. The van der Waals surface area contributed by atoms with Crippen LogP contribution in [0.15, 0.2) is 41.1 Å². The summed E-state index contributed by atoms with van der Waals surface area (Å²) in [5, 5.41) is 9.63. The Morgan fingerprint density at radius 1 is 1.38 bits per heavy atom. The maximum Gasteiger partial charge on any atom is 0.198 e. The van der Waals surface area contributed by atoms with E-state index in [1.807, 2.05) is 7.05 Å². The lowest BCUT2D eigenvalue weighted by Gasteiger charge is -2.02. The number of aromatic nitrogens is 1. The smallest absolute Gasteiger partial charge is 0.198 e. The molecule has 2 rings (SSSR count). The highest BCUT2D eigenvalue weighted by molar-refractivity contribution is 9.10. The summed E-state index contributed by atoms with van der Waals surface area (Å²) in [6.45, 7) is 0. The third-order valence-corrected chi connectivity index (χ3v) is 2.79. The minimum Gasteiger partial charge on any atom is -0.507 e. The third-order valence-electron chi connectivity index (χ3n) is 2.30. The Bertz CT molecular complexity index is 546. The van der Waals surface area contributed by atoms with E-state index >= 15 is 0 Å². The first kappa shape index (κ1) is 11.0. The SMILES string of the molecule is Cn1ccc(C(=O)c2cc(Br)ccc2O)c1. The van der Waals surface area contributed by atoms with Crippen LogP contribution in [0, 0.1) is 0 Å². The van der Waals surface area contributed by atoms with Crippen molar-refractivity contribution in [1.29, 1.82) is 0 Å². The fourth-order valence-electron chi connectivity index (χ4n) is 1.48. The standard InChI is InChI=1S/C12H10BrNO2/c1-14-5-4-8(7-14)12(16)10-6-9(13)2-3-11(10)15/h2-7,15H,1H3. The zero-order chi connectivity index (χ0) is 11.7. The topological polar surface area (TPSA) is 42.2 Å². The molecule has 0 aliphatic heterocycles. The number of carbonyl (C=O) groups is 1. The van der Waals surface area contributed by atoms with E-state index in [4.69, 9.17) is 0 Å². The van der Waals surface area contributed by atoms with Crippen LogP contribution in [0.3, 0.4) is 0 Å². The molecule has 0 radical (unpaired) electrons. The van der Waals surface area contributed by atoms with E-state index in [1.165, 1.54) is 6.07 Å². The van der Waals surface area contributed by atoms with Crippen LogP contribution in [-0.2, 0) is 7.05 Å². The molecule has 0 amide bonds. The summed E-state index contributed by atoms with van der Waals surface area (Å²) in [7, 11) is 1.84. The van der Waals surface area contributed by atoms with Gasteiger partial charge in [-0.2, -0.15) is 0 Å². The number of phenolic OH excluding ortho intramolecular Hbond substituents is 1. The molecule has 0 aliphatic carbocycles. The fraction of sp³-hybridized carbons (Fsp3) is 0.0833. The largest absolute Gasteiger partial charge is 0.507 e. The maximum absolute atomic E-state index is 12.0. The predicted octanol–water partition coefficient (Wildman–Crippen LogP) is 2.72. The molecule has 0 unspecified atom stereocenters. The number of halogens is 1. The molecule has 1 heterocycles. The van der Waals surface area contributed by atoms with Crippen molar-refractivity contribution in [1.82, 2.24) is 4.57 Å². The number of benzene rings is 1. The number of aryl methyl sites for hydroxylation is 1. The summed E-state index contributed by atoms with van der Waals surface area (Å²) in [4.78, 5) is 12.0. The van der Waals surface area contributed by atoms with Crippen LogP contribution in [0.4, 0.5) is 0 Å². The highest BCUT2D eigenvalue weighted by atomic mass is 79.9. The number of rotatable bonds is 2. The molecular weight excluding hydrogens is 270 g/mol. The molecule has 0 aliphatic rings.